The monoisotopic (exact) mass is 390 g/mol. The van der Waals surface area contributed by atoms with Crippen molar-refractivity contribution in [3.8, 4) is 5.75 Å². The van der Waals surface area contributed by atoms with Crippen LogP contribution in [0.25, 0.3) is 0 Å². The lowest BCUT2D eigenvalue weighted by molar-refractivity contribution is -0.123. The number of hydrogen-bond donors (Lipinski definition) is 2. The van der Waals surface area contributed by atoms with E-state index in [0.717, 1.165) is 24.0 Å². The molecule has 0 aliphatic heterocycles. The largest absolute Gasteiger partial charge is 0.496 e. The van der Waals surface area contributed by atoms with Crippen molar-refractivity contribution < 1.29 is 9.53 Å². The van der Waals surface area contributed by atoms with Gasteiger partial charge in [-0.25, -0.2) is 0 Å². The second-order valence-corrected chi connectivity index (χ2v) is 6.64. The molecule has 1 atom stereocenters. The minimum Gasteiger partial charge on any atom is -0.496 e. The highest BCUT2D eigenvalue weighted by molar-refractivity contribution is 5.84. The second kappa shape index (κ2) is 10.9. The summed E-state index contributed by atoms with van der Waals surface area (Å²) >= 11 is 0. The van der Waals surface area contributed by atoms with Crippen molar-refractivity contribution in [1.29, 1.82) is 0 Å². The Kier molecular flexibility index (Phi) is 7.72. The third-order valence-corrected chi connectivity index (χ3v) is 4.66. The summed E-state index contributed by atoms with van der Waals surface area (Å²) in [6.07, 6.45) is 8.64. The summed E-state index contributed by atoms with van der Waals surface area (Å²) in [5.74, 6) is 0.615. The van der Waals surface area contributed by atoms with Crippen LogP contribution < -0.4 is 15.4 Å². The normalized spacial score (nSPS) is 11.6. The van der Waals surface area contributed by atoms with Gasteiger partial charge in [0, 0.05) is 43.4 Å². The Hall–Kier alpha value is -3.25. The number of pyridine rings is 2. The van der Waals surface area contributed by atoms with Crippen molar-refractivity contribution in [3.05, 3.63) is 90.0 Å². The Morgan fingerprint density at radius 2 is 1.72 bits per heavy atom. The highest BCUT2D eigenvalue weighted by atomic mass is 16.5. The van der Waals surface area contributed by atoms with E-state index >= 15 is 0 Å². The molecule has 0 saturated heterocycles. The standard InChI is InChI=1S/C23H26N4O2/c1-29-21-7-3-2-6-20(21)22(26-15-10-18-8-13-24-14-9-18)23(28)27-16-11-19-5-4-12-25-17-19/h2-9,12-14,17,22,26H,10-11,15-16H2,1H3,(H,27,28). The molecular weight excluding hydrogens is 364 g/mol. The predicted octanol–water partition coefficient (Wildman–Crippen LogP) is 2.72. The van der Waals surface area contributed by atoms with Crippen molar-refractivity contribution in [3.63, 3.8) is 0 Å². The fraction of sp³-hybridized carbons (Fsp3) is 0.261. The first-order valence-corrected chi connectivity index (χ1v) is 9.69. The van der Waals surface area contributed by atoms with E-state index in [9.17, 15) is 4.79 Å². The lowest BCUT2D eigenvalue weighted by atomic mass is 10.0. The summed E-state index contributed by atoms with van der Waals surface area (Å²) in [5, 5.41) is 6.42. The third-order valence-electron chi connectivity index (χ3n) is 4.66. The zero-order valence-corrected chi connectivity index (χ0v) is 16.5. The maximum Gasteiger partial charge on any atom is 0.241 e. The number of methoxy groups -OCH3 is 1. The third kappa shape index (κ3) is 6.12. The Balaban J connectivity index is 1.65. The Morgan fingerprint density at radius 3 is 2.48 bits per heavy atom. The molecule has 0 aliphatic rings. The van der Waals surface area contributed by atoms with Gasteiger partial charge in [0.1, 0.15) is 11.8 Å². The molecule has 150 valence electrons. The minimum absolute atomic E-state index is 0.0758. The van der Waals surface area contributed by atoms with Gasteiger partial charge in [-0.2, -0.15) is 0 Å². The number of para-hydroxylation sites is 1. The van der Waals surface area contributed by atoms with Crippen LogP contribution >= 0.6 is 0 Å². The Morgan fingerprint density at radius 1 is 0.931 bits per heavy atom. The minimum atomic E-state index is -0.498. The molecule has 6 nitrogen and oxygen atoms in total. The van der Waals surface area contributed by atoms with Crippen LogP contribution in [0.5, 0.6) is 5.75 Å². The van der Waals surface area contributed by atoms with Gasteiger partial charge >= 0.3 is 0 Å². The van der Waals surface area contributed by atoms with Gasteiger partial charge in [0.25, 0.3) is 0 Å². The molecule has 3 aromatic rings. The average molecular weight is 390 g/mol. The molecule has 0 bridgehead atoms. The molecule has 2 heterocycles. The fourth-order valence-electron chi connectivity index (χ4n) is 3.14. The molecule has 3 rings (SSSR count). The van der Waals surface area contributed by atoms with Gasteiger partial charge in [0.2, 0.25) is 5.91 Å². The van der Waals surface area contributed by atoms with Gasteiger partial charge in [0.15, 0.2) is 0 Å². The first kappa shape index (κ1) is 20.5. The lowest BCUT2D eigenvalue weighted by Crippen LogP contribution is -2.39. The van der Waals surface area contributed by atoms with Crippen molar-refractivity contribution >= 4 is 5.91 Å². The van der Waals surface area contributed by atoms with E-state index in [1.165, 1.54) is 5.56 Å². The molecule has 0 aliphatic carbocycles. The van der Waals surface area contributed by atoms with Crippen molar-refractivity contribution in [2.75, 3.05) is 20.2 Å². The van der Waals surface area contributed by atoms with Crippen LogP contribution in [-0.4, -0.2) is 36.1 Å². The Labute approximate surface area is 171 Å². The lowest BCUT2D eigenvalue weighted by Gasteiger charge is -2.21. The van der Waals surface area contributed by atoms with Crippen molar-refractivity contribution in [1.82, 2.24) is 20.6 Å². The maximum atomic E-state index is 13.0. The summed E-state index contributed by atoms with van der Waals surface area (Å²) in [5.41, 5.74) is 3.08. The summed E-state index contributed by atoms with van der Waals surface area (Å²) in [4.78, 5) is 21.1. The first-order chi connectivity index (χ1) is 14.3. The molecule has 1 unspecified atom stereocenters. The zero-order valence-electron chi connectivity index (χ0n) is 16.5. The van der Waals surface area contributed by atoms with Crippen LogP contribution in [0.3, 0.4) is 0 Å². The van der Waals surface area contributed by atoms with Gasteiger partial charge in [-0.3, -0.25) is 14.8 Å². The van der Waals surface area contributed by atoms with Crippen LogP contribution in [0.2, 0.25) is 0 Å². The van der Waals surface area contributed by atoms with Crippen molar-refractivity contribution in [2.24, 2.45) is 0 Å². The molecule has 6 heteroatoms. The first-order valence-electron chi connectivity index (χ1n) is 9.69. The summed E-state index contributed by atoms with van der Waals surface area (Å²) in [7, 11) is 1.62. The molecular formula is C23H26N4O2. The summed E-state index contributed by atoms with van der Waals surface area (Å²) < 4.78 is 5.48. The molecule has 2 aromatic heterocycles. The fourth-order valence-corrected chi connectivity index (χ4v) is 3.14. The van der Waals surface area contributed by atoms with Crippen LogP contribution in [0, 0.1) is 0 Å². The SMILES string of the molecule is COc1ccccc1C(NCCc1ccncc1)C(=O)NCCc1cccnc1. The molecule has 0 saturated carbocycles. The van der Waals surface area contributed by atoms with E-state index in [1.807, 2.05) is 54.7 Å². The molecule has 0 fully saturated rings. The highest BCUT2D eigenvalue weighted by Gasteiger charge is 2.22. The summed E-state index contributed by atoms with van der Waals surface area (Å²) in [6.45, 7) is 1.20. The van der Waals surface area contributed by atoms with E-state index in [0.29, 0.717) is 18.8 Å². The average Bonchev–Trinajstić information content (AvgIpc) is 2.78. The van der Waals surface area contributed by atoms with E-state index in [-0.39, 0.29) is 5.91 Å². The van der Waals surface area contributed by atoms with Gasteiger partial charge in [-0.15, -0.1) is 0 Å². The number of carbonyl (C=O) groups excluding carboxylic acids is 1. The second-order valence-electron chi connectivity index (χ2n) is 6.64. The number of aromatic nitrogens is 2. The van der Waals surface area contributed by atoms with Gasteiger partial charge in [-0.1, -0.05) is 24.3 Å². The van der Waals surface area contributed by atoms with Crippen molar-refractivity contribution in [2.45, 2.75) is 18.9 Å². The molecule has 1 aromatic carbocycles. The number of amides is 1. The molecule has 29 heavy (non-hydrogen) atoms. The highest BCUT2D eigenvalue weighted by Crippen LogP contribution is 2.25. The number of rotatable bonds is 10. The smallest absolute Gasteiger partial charge is 0.241 e. The van der Waals surface area contributed by atoms with Crippen LogP contribution in [0.15, 0.2) is 73.3 Å². The van der Waals surface area contributed by atoms with Crippen LogP contribution in [-0.2, 0) is 17.6 Å². The van der Waals surface area contributed by atoms with E-state index in [1.54, 1.807) is 25.7 Å². The number of carbonyl (C=O) groups is 1. The van der Waals surface area contributed by atoms with Gasteiger partial charge < -0.3 is 15.4 Å². The van der Waals surface area contributed by atoms with E-state index < -0.39 is 6.04 Å². The topological polar surface area (TPSA) is 76.1 Å². The molecule has 1 amide bonds. The Bertz CT molecular complexity index is 888. The zero-order chi connectivity index (χ0) is 20.3. The predicted molar refractivity (Wildman–Crippen MR) is 113 cm³/mol. The number of hydrogen-bond acceptors (Lipinski definition) is 5. The molecule has 0 spiro atoms. The quantitative estimate of drug-likeness (QED) is 0.557. The number of nitrogens with one attached hydrogen (secondary N) is 2. The van der Waals surface area contributed by atoms with E-state index in [4.69, 9.17) is 4.74 Å². The molecule has 0 radical (unpaired) electrons. The maximum absolute atomic E-state index is 13.0. The van der Waals surface area contributed by atoms with Gasteiger partial charge in [0.05, 0.1) is 7.11 Å². The molecule has 2 N–H and O–H groups in total. The van der Waals surface area contributed by atoms with E-state index in [2.05, 4.69) is 20.6 Å². The van der Waals surface area contributed by atoms with Crippen LogP contribution in [0.4, 0.5) is 0 Å². The number of ether oxygens (including phenoxy) is 1. The summed E-state index contributed by atoms with van der Waals surface area (Å²) in [6, 6.07) is 15.0. The number of nitrogens with zero attached hydrogens (tertiary/aromatic N) is 2. The van der Waals surface area contributed by atoms with Crippen LogP contribution in [0.1, 0.15) is 22.7 Å². The van der Waals surface area contributed by atoms with Gasteiger partial charge in [-0.05, 0) is 48.2 Å². The number of benzene rings is 1.